The van der Waals surface area contributed by atoms with Crippen LogP contribution in [0.25, 0.3) is 0 Å². The summed E-state index contributed by atoms with van der Waals surface area (Å²) >= 11 is 6.68. The molecule has 13 heavy (non-hydrogen) atoms. The predicted molar refractivity (Wildman–Crippen MR) is 68.2 cm³/mol. The lowest BCUT2D eigenvalue weighted by Crippen LogP contribution is -2.14. The van der Waals surface area contributed by atoms with Crippen molar-refractivity contribution in [2.24, 2.45) is 0 Å². The molecule has 0 amide bonds. The summed E-state index contributed by atoms with van der Waals surface area (Å²) in [7, 11) is 0. The van der Waals surface area contributed by atoms with E-state index < -0.39 is 6.20 Å². The number of rotatable bonds is 6. The predicted octanol–water partition coefficient (Wildman–Crippen LogP) is 3.46. The minimum absolute atomic E-state index is 0.948. The zero-order chi connectivity index (χ0) is 10.5. The maximum absolute atomic E-state index is 9.32. The van der Waals surface area contributed by atoms with Crippen LogP contribution >= 0.6 is 30.7 Å². The van der Waals surface area contributed by atoms with Crippen molar-refractivity contribution in [2.75, 3.05) is 13.1 Å². The highest BCUT2D eigenvalue weighted by Gasteiger charge is 1.88. The first-order chi connectivity index (χ1) is 6.15. The summed E-state index contributed by atoms with van der Waals surface area (Å²) in [6.07, 6.45) is 4.35. The van der Waals surface area contributed by atoms with Crippen molar-refractivity contribution in [3.63, 3.8) is 0 Å². The van der Waals surface area contributed by atoms with E-state index in [-0.39, 0.29) is 0 Å². The second-order valence-corrected chi connectivity index (χ2v) is 6.08. The van der Waals surface area contributed by atoms with E-state index in [0.717, 1.165) is 13.1 Å². The largest absolute Gasteiger partial charge is 0.477 e. The zero-order valence-corrected chi connectivity index (χ0v) is 10.8. The zero-order valence-electron chi connectivity index (χ0n) is 8.07. The highest BCUT2D eigenvalue weighted by molar-refractivity contribution is 8.73. The monoisotopic (exact) mass is 240 g/mol. The number of nitrogens with one attached hydrogen (secondary N) is 1. The molecule has 1 N–H and O–H groups in total. The standard InChI is InChI=1S/C8H17N.HOPS2/c1-3-5-6-8-9-7-4-2;1-2(3)4/h4,9H,2-3,5-8H2,1H3;(H-,1,3,4)/p+1. The van der Waals surface area contributed by atoms with Gasteiger partial charge in [-0.05, 0) is 17.5 Å². The SMILES string of the molecule is C=CCNCCCCC.O=[P+](S)S. The molecule has 0 aliphatic rings. The Bertz CT molecular complexity index is 129. The van der Waals surface area contributed by atoms with Gasteiger partial charge in [0.15, 0.2) is 0 Å². The van der Waals surface area contributed by atoms with E-state index in [0.29, 0.717) is 0 Å². The fourth-order valence-electron chi connectivity index (χ4n) is 0.704. The highest BCUT2D eigenvalue weighted by atomic mass is 33.0. The maximum Gasteiger partial charge on any atom is 0.477 e. The lowest BCUT2D eigenvalue weighted by atomic mass is 10.2. The van der Waals surface area contributed by atoms with Crippen molar-refractivity contribution >= 4 is 30.7 Å². The molecule has 0 aromatic heterocycles. The van der Waals surface area contributed by atoms with Crippen molar-refractivity contribution < 1.29 is 4.57 Å². The van der Waals surface area contributed by atoms with Gasteiger partial charge in [-0.3, -0.25) is 0 Å². The van der Waals surface area contributed by atoms with Crippen LogP contribution in [-0.2, 0) is 4.57 Å². The highest BCUT2D eigenvalue weighted by Crippen LogP contribution is 2.29. The summed E-state index contributed by atoms with van der Waals surface area (Å²) in [6.45, 7) is 7.92. The quantitative estimate of drug-likeness (QED) is 0.287. The van der Waals surface area contributed by atoms with Crippen LogP contribution in [0.4, 0.5) is 0 Å². The number of thiol groups is 2. The minimum atomic E-state index is -1.48. The summed E-state index contributed by atoms with van der Waals surface area (Å²) in [4.78, 5) is 0. The fraction of sp³-hybridized carbons (Fsp3) is 0.750. The van der Waals surface area contributed by atoms with Crippen LogP contribution in [0, 0.1) is 0 Å². The molecule has 0 unspecified atom stereocenters. The van der Waals surface area contributed by atoms with Gasteiger partial charge in [-0.1, -0.05) is 25.8 Å². The molecule has 0 bridgehead atoms. The first-order valence-electron chi connectivity index (χ1n) is 4.31. The second kappa shape index (κ2) is 15.0. The maximum atomic E-state index is 9.32. The van der Waals surface area contributed by atoms with E-state index in [1.165, 1.54) is 19.3 Å². The van der Waals surface area contributed by atoms with E-state index in [9.17, 15) is 4.57 Å². The summed E-state index contributed by atoms with van der Waals surface area (Å²) in [5, 5.41) is 3.25. The molecule has 0 aromatic carbocycles. The van der Waals surface area contributed by atoms with Crippen molar-refractivity contribution in [3.8, 4) is 0 Å². The minimum Gasteiger partial charge on any atom is -0.313 e. The molecule has 78 valence electrons. The van der Waals surface area contributed by atoms with Crippen LogP contribution < -0.4 is 5.32 Å². The van der Waals surface area contributed by atoms with Crippen LogP contribution in [0.3, 0.4) is 0 Å². The third-order valence-corrected chi connectivity index (χ3v) is 1.25. The molecule has 0 rings (SSSR count). The number of hydrogen-bond donors (Lipinski definition) is 3. The van der Waals surface area contributed by atoms with E-state index in [4.69, 9.17) is 0 Å². The molecule has 0 saturated heterocycles. The van der Waals surface area contributed by atoms with Crippen molar-refractivity contribution in [1.82, 2.24) is 5.32 Å². The third-order valence-electron chi connectivity index (χ3n) is 1.25. The average Bonchev–Trinajstić information content (AvgIpc) is 2.03. The molecule has 5 heteroatoms. The average molecular weight is 240 g/mol. The van der Waals surface area contributed by atoms with Gasteiger partial charge in [0.1, 0.15) is 24.5 Å². The summed E-state index contributed by atoms with van der Waals surface area (Å²) in [5.41, 5.74) is 0. The van der Waals surface area contributed by atoms with Gasteiger partial charge in [-0.2, -0.15) is 0 Å². The van der Waals surface area contributed by atoms with Crippen LogP contribution in [0.2, 0.25) is 0 Å². The van der Waals surface area contributed by atoms with E-state index >= 15 is 0 Å². The molecule has 0 fully saturated rings. The molecule has 0 spiro atoms. The fourth-order valence-corrected chi connectivity index (χ4v) is 0.704. The van der Waals surface area contributed by atoms with Gasteiger partial charge < -0.3 is 5.32 Å². The van der Waals surface area contributed by atoms with Gasteiger partial charge in [-0.15, -0.1) is 6.58 Å². The summed E-state index contributed by atoms with van der Waals surface area (Å²) < 4.78 is 9.32. The van der Waals surface area contributed by atoms with Crippen molar-refractivity contribution in [1.29, 1.82) is 0 Å². The first-order valence-corrected chi connectivity index (χ1v) is 7.88. The van der Waals surface area contributed by atoms with Crippen LogP contribution in [0.5, 0.6) is 0 Å². The molecule has 0 atom stereocenters. The number of unbranched alkanes of at least 4 members (excludes halogenated alkanes) is 2. The van der Waals surface area contributed by atoms with E-state index in [2.05, 4.69) is 43.3 Å². The first kappa shape index (κ1) is 15.9. The van der Waals surface area contributed by atoms with Gasteiger partial charge in [-0.25, -0.2) is 0 Å². The Labute approximate surface area is 92.7 Å². The molecule has 0 aliphatic carbocycles. The van der Waals surface area contributed by atoms with E-state index in [1.54, 1.807) is 0 Å². The molecule has 0 radical (unpaired) electrons. The lowest BCUT2D eigenvalue weighted by molar-refractivity contribution is 0.604. The molecular weight excluding hydrogens is 221 g/mol. The van der Waals surface area contributed by atoms with E-state index in [1.807, 2.05) is 6.08 Å². The Balaban J connectivity index is 0. The van der Waals surface area contributed by atoms with Crippen molar-refractivity contribution in [2.45, 2.75) is 26.2 Å². The molecular formula is C8H19NOPS2+. The van der Waals surface area contributed by atoms with Crippen LogP contribution in [-0.4, -0.2) is 13.1 Å². The van der Waals surface area contributed by atoms with Gasteiger partial charge in [0.25, 0.3) is 0 Å². The Hall–Kier alpha value is 0.500. The smallest absolute Gasteiger partial charge is 0.313 e. The topological polar surface area (TPSA) is 29.1 Å². The van der Waals surface area contributed by atoms with Gasteiger partial charge in [0.05, 0.1) is 0 Å². The molecule has 0 saturated carbocycles. The lowest BCUT2D eigenvalue weighted by Gasteiger charge is -1.98. The Kier molecular flexibility index (Phi) is 18.4. The van der Waals surface area contributed by atoms with Crippen LogP contribution in [0.1, 0.15) is 26.2 Å². The van der Waals surface area contributed by atoms with Crippen LogP contribution in [0.15, 0.2) is 12.7 Å². The van der Waals surface area contributed by atoms with Gasteiger partial charge >= 0.3 is 6.20 Å². The second-order valence-electron chi connectivity index (χ2n) is 2.45. The van der Waals surface area contributed by atoms with Gasteiger partial charge in [0.2, 0.25) is 0 Å². The molecule has 0 aliphatic heterocycles. The Morgan fingerprint density at radius 3 is 2.38 bits per heavy atom. The summed E-state index contributed by atoms with van der Waals surface area (Å²) in [6, 6.07) is 0. The molecule has 0 heterocycles. The third kappa shape index (κ3) is 32.6. The van der Waals surface area contributed by atoms with Crippen molar-refractivity contribution in [3.05, 3.63) is 12.7 Å². The molecule has 0 aromatic rings. The van der Waals surface area contributed by atoms with Gasteiger partial charge in [0, 0.05) is 6.54 Å². The Morgan fingerprint density at radius 2 is 2.00 bits per heavy atom. The Morgan fingerprint density at radius 1 is 1.46 bits per heavy atom. The normalized spacial score (nSPS) is 8.54. The summed E-state index contributed by atoms with van der Waals surface area (Å²) in [5.74, 6) is 0. The molecule has 2 nitrogen and oxygen atoms in total. The number of hydrogen-bond acceptors (Lipinski definition) is 2.